The molecule has 2 N–H and O–H groups in total. The van der Waals surface area contributed by atoms with E-state index >= 15 is 0 Å². The minimum Gasteiger partial charge on any atom is -0.314 e. The number of hydrogen-bond acceptors (Lipinski definition) is 4. The molecule has 2 rings (SSSR count). The Labute approximate surface area is 119 Å². The van der Waals surface area contributed by atoms with Crippen molar-refractivity contribution in [2.75, 3.05) is 12.3 Å². The van der Waals surface area contributed by atoms with Gasteiger partial charge in [-0.25, -0.2) is 13.1 Å². The van der Waals surface area contributed by atoms with Crippen molar-refractivity contribution in [3.05, 3.63) is 22.4 Å². The minimum absolute atomic E-state index is 0.0416. The van der Waals surface area contributed by atoms with Gasteiger partial charge >= 0.3 is 0 Å². The maximum absolute atomic E-state index is 11.9. The van der Waals surface area contributed by atoms with Crippen LogP contribution < -0.4 is 10.0 Å². The molecule has 0 aromatic carbocycles. The first-order valence-electron chi connectivity index (χ1n) is 6.81. The van der Waals surface area contributed by atoms with E-state index in [2.05, 4.69) is 10.0 Å². The predicted octanol–water partition coefficient (Wildman–Crippen LogP) is 1.74. The van der Waals surface area contributed by atoms with Gasteiger partial charge in [-0.15, -0.1) is 11.3 Å². The molecule has 1 unspecified atom stereocenters. The first-order valence-corrected chi connectivity index (χ1v) is 9.34. The highest BCUT2D eigenvalue weighted by Crippen LogP contribution is 2.18. The van der Waals surface area contributed by atoms with Gasteiger partial charge < -0.3 is 5.32 Å². The van der Waals surface area contributed by atoms with Crippen LogP contribution >= 0.6 is 11.3 Å². The minimum atomic E-state index is -3.15. The van der Waals surface area contributed by atoms with Crippen molar-refractivity contribution in [1.82, 2.24) is 10.0 Å². The maximum Gasteiger partial charge on any atom is 0.211 e. The highest BCUT2D eigenvalue weighted by molar-refractivity contribution is 7.89. The van der Waals surface area contributed by atoms with E-state index < -0.39 is 10.0 Å². The monoisotopic (exact) mass is 302 g/mol. The second-order valence-electron chi connectivity index (χ2n) is 5.20. The maximum atomic E-state index is 11.9. The fraction of sp³-hybridized carbons (Fsp3) is 0.692. The van der Waals surface area contributed by atoms with Crippen molar-refractivity contribution in [1.29, 1.82) is 0 Å². The second kappa shape index (κ2) is 6.83. The number of rotatable bonds is 9. The molecule has 1 atom stereocenters. The summed E-state index contributed by atoms with van der Waals surface area (Å²) in [5.41, 5.74) is 0. The van der Waals surface area contributed by atoms with Crippen molar-refractivity contribution < 1.29 is 8.42 Å². The van der Waals surface area contributed by atoms with Crippen LogP contribution in [-0.2, 0) is 16.4 Å². The van der Waals surface area contributed by atoms with Crippen molar-refractivity contribution >= 4 is 21.4 Å². The summed E-state index contributed by atoms with van der Waals surface area (Å²) in [6.45, 7) is 2.71. The average molecular weight is 302 g/mol. The molecule has 1 aromatic heterocycles. The molecule has 19 heavy (non-hydrogen) atoms. The summed E-state index contributed by atoms with van der Waals surface area (Å²) in [7, 11) is -3.15. The Morgan fingerprint density at radius 2 is 2.26 bits per heavy atom. The molecular formula is C13H22N2O2S2. The molecule has 0 radical (unpaired) electrons. The van der Waals surface area contributed by atoms with Gasteiger partial charge in [-0.3, -0.25) is 0 Å². The molecule has 0 amide bonds. The Morgan fingerprint density at radius 3 is 2.89 bits per heavy atom. The van der Waals surface area contributed by atoms with Gasteiger partial charge in [0.25, 0.3) is 0 Å². The van der Waals surface area contributed by atoms with E-state index in [-0.39, 0.29) is 11.8 Å². The van der Waals surface area contributed by atoms with Gasteiger partial charge in [0.2, 0.25) is 10.0 Å². The van der Waals surface area contributed by atoms with Crippen molar-refractivity contribution in [2.24, 2.45) is 0 Å². The van der Waals surface area contributed by atoms with Gasteiger partial charge in [0.1, 0.15) is 0 Å². The Kier molecular flexibility index (Phi) is 5.38. The lowest BCUT2D eigenvalue weighted by Gasteiger charge is -2.13. The average Bonchev–Trinajstić information content (AvgIpc) is 3.01. The molecule has 1 heterocycles. The predicted molar refractivity (Wildman–Crippen MR) is 80.0 cm³/mol. The van der Waals surface area contributed by atoms with E-state index in [9.17, 15) is 8.42 Å². The lowest BCUT2D eigenvalue weighted by atomic mass is 10.2. The SMILES string of the molecule is CC(Cc1cccs1)NS(=O)(=O)CCCNC1CC1. The van der Waals surface area contributed by atoms with Gasteiger partial charge in [0.05, 0.1) is 5.75 Å². The number of nitrogens with one attached hydrogen (secondary N) is 2. The van der Waals surface area contributed by atoms with Crippen LogP contribution in [0.25, 0.3) is 0 Å². The molecule has 0 aliphatic heterocycles. The summed E-state index contributed by atoms with van der Waals surface area (Å²) < 4.78 is 26.5. The summed E-state index contributed by atoms with van der Waals surface area (Å²) in [6.07, 6.45) is 3.92. The summed E-state index contributed by atoms with van der Waals surface area (Å²) >= 11 is 1.66. The second-order valence-corrected chi connectivity index (χ2v) is 8.11. The first-order chi connectivity index (χ1) is 9.05. The Hall–Kier alpha value is -0.430. The molecule has 1 aromatic rings. The van der Waals surface area contributed by atoms with Crippen LogP contribution in [0.4, 0.5) is 0 Å². The van der Waals surface area contributed by atoms with Crippen LogP contribution in [0.3, 0.4) is 0 Å². The van der Waals surface area contributed by atoms with Crippen LogP contribution in [-0.4, -0.2) is 32.8 Å². The molecule has 108 valence electrons. The van der Waals surface area contributed by atoms with E-state index in [0.717, 1.165) is 13.0 Å². The summed E-state index contributed by atoms with van der Waals surface area (Å²) in [5.74, 6) is 0.210. The fourth-order valence-corrected chi connectivity index (χ4v) is 4.17. The molecule has 1 fully saturated rings. The smallest absolute Gasteiger partial charge is 0.211 e. The van der Waals surface area contributed by atoms with Crippen LogP contribution in [0.5, 0.6) is 0 Å². The van der Waals surface area contributed by atoms with Gasteiger partial charge in [-0.2, -0.15) is 0 Å². The standard InChI is InChI=1S/C13H22N2O2S2/c1-11(10-13-4-2-8-18-13)15-19(16,17)9-3-7-14-12-5-6-12/h2,4,8,11-12,14-15H,3,5-7,9-10H2,1H3. The lowest BCUT2D eigenvalue weighted by molar-refractivity contribution is 0.555. The summed E-state index contributed by atoms with van der Waals surface area (Å²) in [6, 6.07) is 4.63. The Balaban J connectivity index is 1.66. The third-order valence-corrected chi connectivity index (χ3v) is 5.55. The van der Waals surface area contributed by atoms with Crippen LogP contribution in [0.1, 0.15) is 31.1 Å². The van der Waals surface area contributed by atoms with Crippen molar-refractivity contribution in [3.63, 3.8) is 0 Å². The molecule has 0 saturated heterocycles. The molecular weight excluding hydrogens is 280 g/mol. The Bertz CT molecular complexity index is 467. The zero-order valence-corrected chi connectivity index (χ0v) is 12.9. The molecule has 0 bridgehead atoms. The van der Waals surface area contributed by atoms with E-state index in [4.69, 9.17) is 0 Å². The largest absolute Gasteiger partial charge is 0.314 e. The van der Waals surface area contributed by atoms with Gasteiger partial charge in [-0.05, 0) is 50.6 Å². The number of hydrogen-bond donors (Lipinski definition) is 2. The number of sulfonamides is 1. The summed E-state index contributed by atoms with van der Waals surface area (Å²) in [4.78, 5) is 1.21. The van der Waals surface area contributed by atoms with E-state index in [0.29, 0.717) is 12.5 Å². The molecule has 1 aliphatic rings. The van der Waals surface area contributed by atoms with Crippen LogP contribution in [0.15, 0.2) is 17.5 Å². The third-order valence-electron chi connectivity index (χ3n) is 3.07. The quantitative estimate of drug-likeness (QED) is 0.683. The van der Waals surface area contributed by atoms with Gasteiger partial charge in [0.15, 0.2) is 0 Å². The van der Waals surface area contributed by atoms with Crippen molar-refractivity contribution in [2.45, 2.75) is 44.7 Å². The normalized spacial score (nSPS) is 17.5. The molecule has 6 heteroatoms. The van der Waals surface area contributed by atoms with Crippen LogP contribution in [0.2, 0.25) is 0 Å². The summed E-state index contributed by atoms with van der Waals surface area (Å²) in [5, 5.41) is 5.34. The van der Waals surface area contributed by atoms with Crippen molar-refractivity contribution in [3.8, 4) is 0 Å². The molecule has 4 nitrogen and oxygen atoms in total. The molecule has 1 aliphatic carbocycles. The Morgan fingerprint density at radius 1 is 1.47 bits per heavy atom. The van der Waals surface area contributed by atoms with Gasteiger partial charge in [0, 0.05) is 17.0 Å². The van der Waals surface area contributed by atoms with E-state index in [1.165, 1.54) is 17.7 Å². The highest BCUT2D eigenvalue weighted by Gasteiger charge is 2.20. The van der Waals surface area contributed by atoms with Gasteiger partial charge in [-0.1, -0.05) is 6.07 Å². The first kappa shape index (κ1) is 15.0. The van der Waals surface area contributed by atoms with Crippen LogP contribution in [0, 0.1) is 0 Å². The molecule has 0 spiro atoms. The lowest BCUT2D eigenvalue weighted by Crippen LogP contribution is -2.36. The third kappa shape index (κ3) is 6.03. The molecule has 1 saturated carbocycles. The van der Waals surface area contributed by atoms with E-state index in [1.54, 1.807) is 11.3 Å². The zero-order valence-electron chi connectivity index (χ0n) is 11.3. The zero-order chi connectivity index (χ0) is 13.7. The highest BCUT2D eigenvalue weighted by atomic mass is 32.2. The fourth-order valence-electron chi connectivity index (χ4n) is 1.99. The van der Waals surface area contributed by atoms with E-state index in [1.807, 2.05) is 24.4 Å². The number of thiophene rings is 1. The topological polar surface area (TPSA) is 58.2 Å².